The normalized spacial score (nSPS) is 23.0. The van der Waals surface area contributed by atoms with Gasteiger partial charge in [-0.1, -0.05) is 59.1 Å². The highest BCUT2D eigenvalue weighted by Crippen LogP contribution is 2.45. The average Bonchev–Trinajstić information content (AvgIpc) is 3.17. The molecule has 1 saturated carbocycles. The van der Waals surface area contributed by atoms with Crippen molar-refractivity contribution < 1.29 is 9.53 Å². The summed E-state index contributed by atoms with van der Waals surface area (Å²) < 4.78 is 6.57. The van der Waals surface area contributed by atoms with E-state index in [0.29, 0.717) is 22.6 Å². The second-order valence-corrected chi connectivity index (χ2v) is 9.34. The number of aromatic amines is 1. The van der Waals surface area contributed by atoms with Crippen molar-refractivity contribution in [1.82, 2.24) is 14.9 Å². The van der Waals surface area contributed by atoms with Gasteiger partial charge < -0.3 is 9.72 Å². The Kier molecular flexibility index (Phi) is 5.52. The van der Waals surface area contributed by atoms with Crippen LogP contribution in [0.5, 0.6) is 0 Å². The van der Waals surface area contributed by atoms with Crippen LogP contribution in [0.1, 0.15) is 49.5 Å². The van der Waals surface area contributed by atoms with Crippen LogP contribution in [0.2, 0.25) is 0 Å². The van der Waals surface area contributed by atoms with E-state index in [1.54, 1.807) is 6.07 Å². The molecule has 31 heavy (non-hydrogen) atoms. The Balaban J connectivity index is 1.47. The fourth-order valence-electron chi connectivity index (χ4n) is 5.05. The number of nitrogens with zero attached hydrogens (tertiary/aromatic N) is 2. The number of carbonyl (C=O) groups is 1. The smallest absolute Gasteiger partial charge is 0.410 e. The van der Waals surface area contributed by atoms with Crippen LogP contribution in [0.4, 0.5) is 4.79 Å². The molecule has 3 atom stereocenters. The van der Waals surface area contributed by atoms with Crippen LogP contribution in [0.3, 0.4) is 0 Å². The molecule has 7 heteroatoms. The van der Waals surface area contributed by atoms with Gasteiger partial charge in [-0.05, 0) is 48.9 Å². The van der Waals surface area contributed by atoms with E-state index in [-0.39, 0.29) is 30.3 Å². The van der Waals surface area contributed by atoms with Gasteiger partial charge in [0.05, 0.1) is 16.9 Å². The third-order valence-corrected chi connectivity index (χ3v) is 7.00. The maximum absolute atomic E-state index is 13.2. The van der Waals surface area contributed by atoms with Crippen molar-refractivity contribution in [3.63, 3.8) is 0 Å². The number of H-pyrrole nitrogens is 1. The molecular weight excluding hydrogens is 458 g/mol. The minimum absolute atomic E-state index is 0.130. The van der Waals surface area contributed by atoms with Crippen LogP contribution < -0.4 is 5.56 Å². The fraction of sp³-hybridized carbons (Fsp3) is 0.375. The second kappa shape index (κ2) is 8.46. The summed E-state index contributed by atoms with van der Waals surface area (Å²) in [6, 6.07) is 15.0. The van der Waals surface area contributed by atoms with Crippen molar-refractivity contribution >= 4 is 32.9 Å². The zero-order chi connectivity index (χ0) is 21.4. The van der Waals surface area contributed by atoms with Gasteiger partial charge in [0, 0.05) is 10.5 Å². The van der Waals surface area contributed by atoms with Gasteiger partial charge in [0.25, 0.3) is 5.56 Å². The topological polar surface area (TPSA) is 75.3 Å². The molecule has 1 aliphatic carbocycles. The molecular formula is C24H24BrN3O3. The Morgan fingerprint density at radius 1 is 1.16 bits per heavy atom. The molecule has 5 rings (SSSR count). The molecule has 2 heterocycles. The highest BCUT2D eigenvalue weighted by molar-refractivity contribution is 9.10. The lowest BCUT2D eigenvalue weighted by Gasteiger charge is -2.33. The van der Waals surface area contributed by atoms with Crippen molar-refractivity contribution in [2.75, 3.05) is 0 Å². The number of rotatable bonds is 3. The molecule has 2 fully saturated rings. The maximum atomic E-state index is 13.2. The molecule has 1 N–H and O–H groups in total. The molecule has 0 spiro atoms. The quantitative estimate of drug-likeness (QED) is 0.548. The Bertz CT molecular complexity index is 1160. The number of ether oxygens (including phenoxy) is 1. The minimum Gasteiger partial charge on any atom is -0.445 e. The van der Waals surface area contributed by atoms with E-state index in [2.05, 4.69) is 20.9 Å². The van der Waals surface area contributed by atoms with Crippen molar-refractivity contribution in [1.29, 1.82) is 0 Å². The highest BCUT2D eigenvalue weighted by Gasteiger charge is 2.47. The summed E-state index contributed by atoms with van der Waals surface area (Å²) >= 11 is 3.46. The number of hydrogen-bond donors (Lipinski definition) is 1. The van der Waals surface area contributed by atoms with E-state index >= 15 is 0 Å². The third kappa shape index (κ3) is 3.99. The molecule has 3 aromatic rings. The standard InChI is InChI=1S/C24H24BrN3O3/c25-17-10-11-18-19(13-17)26-22(27-23(18)29)21-12-16-8-4-5-9-20(16)28(21)24(30)31-14-15-6-2-1-3-7-15/h1-3,6-7,10-11,13,16,20-21H,4-5,8-9,12,14H2,(H,26,27,29)/t16-,20-,21-/m0/s1. The monoisotopic (exact) mass is 481 g/mol. The minimum atomic E-state index is -0.333. The fourth-order valence-corrected chi connectivity index (χ4v) is 5.40. The molecule has 2 aliphatic rings. The Hall–Kier alpha value is -2.67. The van der Waals surface area contributed by atoms with Crippen molar-refractivity contribution in [3.8, 4) is 0 Å². The van der Waals surface area contributed by atoms with Crippen LogP contribution in [0, 0.1) is 5.92 Å². The molecule has 160 valence electrons. The first kappa shape index (κ1) is 20.2. The van der Waals surface area contributed by atoms with Gasteiger partial charge in [-0.2, -0.15) is 0 Å². The molecule has 1 amide bonds. The van der Waals surface area contributed by atoms with Gasteiger partial charge in [0.2, 0.25) is 0 Å². The van der Waals surface area contributed by atoms with Gasteiger partial charge in [-0.3, -0.25) is 9.69 Å². The molecule has 2 aromatic carbocycles. The first-order valence-electron chi connectivity index (χ1n) is 10.8. The molecule has 1 aliphatic heterocycles. The van der Waals surface area contributed by atoms with Gasteiger partial charge in [-0.15, -0.1) is 0 Å². The van der Waals surface area contributed by atoms with Gasteiger partial charge in [0.15, 0.2) is 0 Å². The summed E-state index contributed by atoms with van der Waals surface area (Å²) in [5.74, 6) is 0.952. The summed E-state index contributed by atoms with van der Waals surface area (Å²) in [6.45, 7) is 0.231. The Labute approximate surface area is 188 Å². The third-order valence-electron chi connectivity index (χ3n) is 6.51. The van der Waals surface area contributed by atoms with Gasteiger partial charge >= 0.3 is 6.09 Å². The zero-order valence-corrected chi connectivity index (χ0v) is 18.7. The van der Waals surface area contributed by atoms with E-state index in [1.165, 1.54) is 6.42 Å². The van der Waals surface area contributed by atoms with Crippen LogP contribution in [-0.4, -0.2) is 27.0 Å². The number of amides is 1. The van der Waals surface area contributed by atoms with Crippen molar-refractivity contribution in [2.24, 2.45) is 5.92 Å². The van der Waals surface area contributed by atoms with Crippen LogP contribution >= 0.6 is 15.9 Å². The van der Waals surface area contributed by atoms with E-state index in [0.717, 1.165) is 35.7 Å². The van der Waals surface area contributed by atoms with E-state index in [9.17, 15) is 9.59 Å². The summed E-state index contributed by atoms with van der Waals surface area (Å²) in [4.78, 5) is 35.5. The van der Waals surface area contributed by atoms with Crippen LogP contribution in [0.15, 0.2) is 57.8 Å². The summed E-state index contributed by atoms with van der Waals surface area (Å²) in [6.07, 6.45) is 4.80. The van der Waals surface area contributed by atoms with Gasteiger partial charge in [0.1, 0.15) is 12.4 Å². The predicted molar refractivity (Wildman–Crippen MR) is 122 cm³/mol. The average molecular weight is 482 g/mol. The van der Waals surface area contributed by atoms with E-state index in [1.807, 2.05) is 47.4 Å². The van der Waals surface area contributed by atoms with E-state index in [4.69, 9.17) is 9.72 Å². The number of hydrogen-bond acceptors (Lipinski definition) is 4. The predicted octanol–water partition coefficient (Wildman–Crippen LogP) is 5.33. The van der Waals surface area contributed by atoms with Crippen LogP contribution in [-0.2, 0) is 11.3 Å². The van der Waals surface area contributed by atoms with E-state index < -0.39 is 0 Å². The lowest BCUT2D eigenvalue weighted by molar-refractivity contribution is 0.0679. The first-order valence-corrected chi connectivity index (χ1v) is 11.6. The maximum Gasteiger partial charge on any atom is 0.410 e. The zero-order valence-electron chi connectivity index (χ0n) is 17.1. The molecule has 1 saturated heterocycles. The molecule has 1 aromatic heterocycles. The van der Waals surface area contributed by atoms with Crippen molar-refractivity contribution in [3.05, 3.63) is 74.7 Å². The second-order valence-electron chi connectivity index (χ2n) is 8.42. The number of halogens is 1. The molecule has 0 radical (unpaired) electrons. The lowest BCUT2D eigenvalue weighted by atomic mass is 9.85. The number of aromatic nitrogens is 2. The number of fused-ring (bicyclic) bond motifs is 2. The van der Waals surface area contributed by atoms with Crippen molar-refractivity contribution in [2.45, 2.75) is 50.8 Å². The number of likely N-dealkylation sites (tertiary alicyclic amines) is 1. The lowest BCUT2D eigenvalue weighted by Crippen LogP contribution is -2.41. The first-order chi connectivity index (χ1) is 15.1. The number of benzene rings is 2. The Morgan fingerprint density at radius 2 is 1.97 bits per heavy atom. The summed E-state index contributed by atoms with van der Waals surface area (Å²) in [5.41, 5.74) is 1.40. The number of carbonyl (C=O) groups excluding carboxylic acids is 1. The summed E-state index contributed by atoms with van der Waals surface area (Å²) in [7, 11) is 0. The largest absolute Gasteiger partial charge is 0.445 e. The SMILES string of the molecule is O=C(OCc1ccccc1)N1[C@H](c2nc3cc(Br)ccc3c(=O)[nH]2)C[C@@H]2CCCC[C@@H]21. The molecule has 0 unspecified atom stereocenters. The summed E-state index contributed by atoms with van der Waals surface area (Å²) in [5, 5.41) is 0.542. The van der Waals surface area contributed by atoms with Crippen LogP contribution in [0.25, 0.3) is 10.9 Å². The van der Waals surface area contributed by atoms with Gasteiger partial charge in [-0.25, -0.2) is 9.78 Å². The number of nitrogens with one attached hydrogen (secondary N) is 1. The highest BCUT2D eigenvalue weighted by atomic mass is 79.9. The molecule has 0 bridgehead atoms. The Morgan fingerprint density at radius 3 is 2.81 bits per heavy atom. The molecule has 6 nitrogen and oxygen atoms in total.